The molecule has 1 aromatic heterocycles. The average molecular weight is 207 g/mol. The molecule has 1 saturated heterocycles. The maximum atomic E-state index is 11.1. The maximum Gasteiger partial charge on any atom is 0.305 e. The van der Waals surface area contributed by atoms with Gasteiger partial charge in [0.1, 0.15) is 0 Å². The molecular formula is C8H9N5O2. The van der Waals surface area contributed by atoms with Crippen LogP contribution in [0, 0.1) is 11.5 Å². The second kappa shape index (κ2) is 4.06. The molecule has 0 aromatic carbocycles. The highest BCUT2D eigenvalue weighted by molar-refractivity contribution is 5.91. The van der Waals surface area contributed by atoms with Crippen LogP contribution in [0.15, 0.2) is 4.52 Å². The third-order valence-corrected chi connectivity index (χ3v) is 2.17. The molecule has 2 rings (SSSR count). The monoisotopic (exact) mass is 207 g/mol. The second-order valence-electron chi connectivity index (χ2n) is 3.17. The first kappa shape index (κ1) is 9.61. The first-order chi connectivity index (χ1) is 7.31. The van der Waals surface area contributed by atoms with Crippen LogP contribution in [0.5, 0.6) is 0 Å². The highest BCUT2D eigenvalue weighted by Gasteiger charge is 2.24. The third-order valence-electron chi connectivity index (χ3n) is 2.17. The zero-order valence-corrected chi connectivity index (χ0v) is 7.86. The van der Waals surface area contributed by atoms with Crippen LogP contribution < -0.4 is 10.6 Å². The fraction of sp³-hybridized carbons (Fsp3) is 0.500. The van der Waals surface area contributed by atoms with Crippen molar-refractivity contribution < 1.29 is 9.32 Å². The Hall–Kier alpha value is -1.94. The number of nitrogens with zero attached hydrogens (tertiary/aromatic N) is 3. The van der Waals surface area contributed by atoms with E-state index in [9.17, 15) is 4.79 Å². The Kier molecular flexibility index (Phi) is 2.60. The summed E-state index contributed by atoms with van der Waals surface area (Å²) >= 11 is 0. The maximum absolute atomic E-state index is 11.1. The van der Waals surface area contributed by atoms with Crippen LogP contribution >= 0.6 is 0 Å². The van der Waals surface area contributed by atoms with Crippen LogP contribution in [0.25, 0.3) is 0 Å². The average Bonchev–Trinajstić information content (AvgIpc) is 2.89. The van der Waals surface area contributed by atoms with Crippen molar-refractivity contribution in [3.8, 4) is 6.19 Å². The Balaban J connectivity index is 2.10. The Morgan fingerprint density at radius 2 is 2.60 bits per heavy atom. The van der Waals surface area contributed by atoms with Gasteiger partial charge >= 0.3 is 5.91 Å². The number of nitriles is 1. The van der Waals surface area contributed by atoms with Gasteiger partial charge in [-0.3, -0.25) is 10.1 Å². The van der Waals surface area contributed by atoms with E-state index in [1.807, 2.05) is 5.32 Å². The molecule has 0 spiro atoms. The fourth-order valence-corrected chi connectivity index (χ4v) is 1.47. The molecule has 1 aliphatic rings. The zero-order valence-electron chi connectivity index (χ0n) is 7.86. The van der Waals surface area contributed by atoms with Gasteiger partial charge in [-0.25, -0.2) is 0 Å². The van der Waals surface area contributed by atoms with Crippen molar-refractivity contribution in [3.05, 3.63) is 11.7 Å². The lowest BCUT2D eigenvalue weighted by Gasteiger charge is -2.00. The molecule has 2 N–H and O–H groups in total. The number of hydrogen-bond acceptors (Lipinski definition) is 6. The van der Waals surface area contributed by atoms with Crippen molar-refractivity contribution >= 4 is 5.91 Å². The quantitative estimate of drug-likeness (QED) is 0.510. The van der Waals surface area contributed by atoms with Gasteiger partial charge in [-0.15, -0.1) is 0 Å². The number of rotatable bonds is 2. The van der Waals surface area contributed by atoms with E-state index >= 15 is 0 Å². The minimum absolute atomic E-state index is 0.0288. The molecule has 0 bridgehead atoms. The number of carbonyl (C=O) groups is 1. The van der Waals surface area contributed by atoms with Crippen LogP contribution in [-0.4, -0.2) is 22.6 Å². The predicted octanol–water partition coefficient (Wildman–Crippen LogP) is -0.295. The van der Waals surface area contributed by atoms with E-state index in [0.717, 1.165) is 19.4 Å². The topological polar surface area (TPSA) is 104 Å². The number of nitrogens with one attached hydrogen (secondary N) is 2. The van der Waals surface area contributed by atoms with Gasteiger partial charge < -0.3 is 9.84 Å². The van der Waals surface area contributed by atoms with Crippen LogP contribution in [0.2, 0.25) is 0 Å². The van der Waals surface area contributed by atoms with Crippen molar-refractivity contribution in [2.24, 2.45) is 0 Å². The molecule has 7 heteroatoms. The molecule has 0 radical (unpaired) electrons. The van der Waals surface area contributed by atoms with Gasteiger partial charge in [0, 0.05) is 0 Å². The Bertz CT molecular complexity index is 401. The molecule has 2 heterocycles. The molecule has 0 aliphatic carbocycles. The van der Waals surface area contributed by atoms with Crippen LogP contribution in [-0.2, 0) is 0 Å². The van der Waals surface area contributed by atoms with Crippen LogP contribution in [0.4, 0.5) is 0 Å². The van der Waals surface area contributed by atoms with Gasteiger partial charge in [-0.1, -0.05) is 5.16 Å². The summed E-state index contributed by atoms with van der Waals surface area (Å²) in [5, 5.41) is 16.8. The van der Waals surface area contributed by atoms with E-state index in [1.54, 1.807) is 0 Å². The summed E-state index contributed by atoms with van der Waals surface area (Å²) in [5.41, 5.74) is 0. The number of aromatic nitrogens is 2. The molecule has 15 heavy (non-hydrogen) atoms. The van der Waals surface area contributed by atoms with Gasteiger partial charge in [0.05, 0.1) is 6.04 Å². The Morgan fingerprint density at radius 1 is 1.73 bits per heavy atom. The summed E-state index contributed by atoms with van der Waals surface area (Å²) < 4.78 is 4.92. The number of amides is 1. The van der Waals surface area contributed by atoms with E-state index < -0.39 is 5.91 Å². The van der Waals surface area contributed by atoms with Crippen LogP contribution in [0.1, 0.15) is 35.4 Å². The summed E-state index contributed by atoms with van der Waals surface area (Å²) in [7, 11) is 0. The van der Waals surface area contributed by atoms with Gasteiger partial charge in [0.15, 0.2) is 6.19 Å². The molecule has 1 unspecified atom stereocenters. The largest absolute Gasteiger partial charge is 0.337 e. The van der Waals surface area contributed by atoms with Crippen molar-refractivity contribution in [1.82, 2.24) is 20.8 Å². The lowest BCUT2D eigenvalue weighted by Crippen LogP contribution is -2.19. The summed E-state index contributed by atoms with van der Waals surface area (Å²) in [6.07, 6.45) is 3.47. The first-order valence-corrected chi connectivity index (χ1v) is 4.57. The molecule has 7 nitrogen and oxygen atoms in total. The Morgan fingerprint density at radius 3 is 3.27 bits per heavy atom. The van der Waals surface area contributed by atoms with E-state index in [1.165, 1.54) is 6.19 Å². The molecule has 1 aliphatic heterocycles. The minimum Gasteiger partial charge on any atom is -0.337 e. The van der Waals surface area contributed by atoms with Crippen molar-refractivity contribution in [1.29, 1.82) is 5.26 Å². The minimum atomic E-state index is -0.648. The van der Waals surface area contributed by atoms with Gasteiger partial charge in [0.2, 0.25) is 5.89 Å². The molecule has 1 amide bonds. The molecule has 0 saturated carbocycles. The molecule has 1 aromatic rings. The molecule has 1 fully saturated rings. The number of hydrogen-bond donors (Lipinski definition) is 2. The van der Waals surface area contributed by atoms with Crippen molar-refractivity contribution in [2.75, 3.05) is 6.54 Å². The highest BCUT2D eigenvalue weighted by Crippen LogP contribution is 2.20. The van der Waals surface area contributed by atoms with E-state index in [0.29, 0.717) is 5.89 Å². The zero-order chi connectivity index (χ0) is 10.7. The lowest BCUT2D eigenvalue weighted by molar-refractivity contribution is 0.0959. The number of carbonyl (C=O) groups excluding carboxylic acids is 1. The standard InChI is InChI=1S/C8H9N5O2/c9-4-11-7(14)6-12-8(15-13-6)5-2-1-3-10-5/h5,10H,1-3H2,(H,11,14). The SMILES string of the molecule is N#CNC(=O)c1noc(C2CCCN2)n1. The normalized spacial score (nSPS) is 19.8. The van der Waals surface area contributed by atoms with E-state index in [-0.39, 0.29) is 11.9 Å². The van der Waals surface area contributed by atoms with E-state index in [2.05, 4.69) is 15.5 Å². The van der Waals surface area contributed by atoms with Crippen LogP contribution in [0.3, 0.4) is 0 Å². The summed E-state index contributed by atoms with van der Waals surface area (Å²) in [6.45, 7) is 0.909. The summed E-state index contributed by atoms with van der Waals surface area (Å²) in [5.74, 6) is -0.360. The molecular weight excluding hydrogens is 198 g/mol. The lowest BCUT2D eigenvalue weighted by atomic mass is 10.2. The predicted molar refractivity (Wildman–Crippen MR) is 47.4 cm³/mol. The second-order valence-corrected chi connectivity index (χ2v) is 3.17. The van der Waals surface area contributed by atoms with Gasteiger partial charge in [-0.2, -0.15) is 10.2 Å². The molecule has 78 valence electrons. The molecule has 1 atom stereocenters. The van der Waals surface area contributed by atoms with Crippen molar-refractivity contribution in [3.63, 3.8) is 0 Å². The summed E-state index contributed by atoms with van der Waals surface area (Å²) in [6, 6.07) is 0.0288. The smallest absolute Gasteiger partial charge is 0.305 e. The fourth-order valence-electron chi connectivity index (χ4n) is 1.47. The highest BCUT2D eigenvalue weighted by atomic mass is 16.5. The first-order valence-electron chi connectivity index (χ1n) is 4.57. The van der Waals surface area contributed by atoms with Crippen molar-refractivity contribution in [2.45, 2.75) is 18.9 Å². The third kappa shape index (κ3) is 1.94. The Labute approximate surface area is 85.5 Å². The van der Waals surface area contributed by atoms with Gasteiger partial charge in [0.25, 0.3) is 5.82 Å². The van der Waals surface area contributed by atoms with E-state index in [4.69, 9.17) is 9.78 Å². The summed E-state index contributed by atoms with van der Waals surface area (Å²) in [4.78, 5) is 15.0. The van der Waals surface area contributed by atoms with Gasteiger partial charge in [-0.05, 0) is 19.4 Å².